The molecule has 2 aromatic rings. The average molecular weight is 940 g/mol. The number of methoxy groups -OCH3 is 3. The molecule has 5 rings (SSSR count). The van der Waals surface area contributed by atoms with Crippen LogP contribution in [0.3, 0.4) is 0 Å². The molecule has 376 valence electrons. The summed E-state index contributed by atoms with van der Waals surface area (Å²) >= 11 is 0. The molecule has 1 aromatic heterocycles. The van der Waals surface area contributed by atoms with Gasteiger partial charge in [0.15, 0.2) is 24.1 Å². The fourth-order valence-corrected chi connectivity index (χ4v) is 10.2. The number of benzene rings is 1. The summed E-state index contributed by atoms with van der Waals surface area (Å²) in [6.07, 6.45) is -10.9. The number of fused-ring (bicyclic) bond motifs is 1. The molecule has 3 aliphatic rings. The average Bonchev–Trinajstić information content (AvgIpc) is 3.25. The number of aliphatic hydroxyl groups is 5. The Balaban J connectivity index is 1.61. The topological polar surface area (TPSA) is 235 Å². The van der Waals surface area contributed by atoms with Gasteiger partial charge in [-0.25, -0.2) is 4.79 Å². The zero-order valence-electron chi connectivity index (χ0n) is 41.2. The first-order valence-electron chi connectivity index (χ1n) is 23.1. The van der Waals surface area contributed by atoms with Crippen LogP contribution >= 0.6 is 0 Å². The smallest absolute Gasteiger partial charge is 0.336 e. The van der Waals surface area contributed by atoms with Crippen LogP contribution in [0, 0.1) is 17.8 Å². The molecule has 5 N–H and O–H groups in total. The summed E-state index contributed by atoms with van der Waals surface area (Å²) in [5, 5.41) is 60.5. The number of esters is 1. The third kappa shape index (κ3) is 11.7. The van der Waals surface area contributed by atoms with Crippen LogP contribution in [0.1, 0.15) is 100.0 Å². The molecular weight excluding hydrogens is 863 g/mol. The van der Waals surface area contributed by atoms with Gasteiger partial charge in [-0.2, -0.15) is 0 Å². The molecule has 0 amide bonds. The Morgan fingerprint density at radius 2 is 1.50 bits per heavy atom. The van der Waals surface area contributed by atoms with E-state index in [9.17, 15) is 35.1 Å². The van der Waals surface area contributed by atoms with E-state index >= 15 is 0 Å². The van der Waals surface area contributed by atoms with Crippen LogP contribution in [0.15, 0.2) is 27.4 Å². The van der Waals surface area contributed by atoms with E-state index < -0.39 is 108 Å². The Bertz CT molecular complexity index is 1970. The van der Waals surface area contributed by atoms with Gasteiger partial charge in [0.05, 0.1) is 74.6 Å². The molecule has 3 fully saturated rings. The summed E-state index contributed by atoms with van der Waals surface area (Å²) in [5.74, 6) is -2.60. The Kier molecular flexibility index (Phi) is 17.8. The number of carbonyl (C=O) groups is 1. The fraction of sp³-hybridized carbons (Fsp3) is 0.792. The van der Waals surface area contributed by atoms with E-state index in [0.29, 0.717) is 28.9 Å². The van der Waals surface area contributed by atoms with Gasteiger partial charge in [-0.05, 0) is 92.4 Å². The second kappa shape index (κ2) is 21.8. The van der Waals surface area contributed by atoms with Crippen molar-refractivity contribution in [2.24, 2.45) is 17.8 Å². The summed E-state index contributed by atoms with van der Waals surface area (Å²) in [4.78, 5) is 29.2. The molecule has 0 bridgehead atoms. The molecule has 3 unspecified atom stereocenters. The van der Waals surface area contributed by atoms with E-state index in [1.54, 1.807) is 53.7 Å². The molecule has 0 spiro atoms. The molecule has 18 heteroatoms. The van der Waals surface area contributed by atoms with Crippen molar-refractivity contribution in [3.05, 3.63) is 34.2 Å². The van der Waals surface area contributed by atoms with Crippen molar-refractivity contribution in [3.63, 3.8) is 0 Å². The van der Waals surface area contributed by atoms with Crippen LogP contribution < -0.4 is 15.1 Å². The zero-order chi connectivity index (χ0) is 49.2. The summed E-state index contributed by atoms with van der Waals surface area (Å²) in [7, 11) is 8.14. The molecule has 0 aliphatic carbocycles. The highest BCUT2D eigenvalue weighted by atomic mass is 16.7. The second-order valence-electron chi connectivity index (χ2n) is 19.8. The van der Waals surface area contributed by atoms with E-state index in [1.165, 1.54) is 34.3 Å². The lowest BCUT2D eigenvalue weighted by molar-refractivity contribution is -0.308. The summed E-state index contributed by atoms with van der Waals surface area (Å²) < 4.78 is 60.8. The molecule has 0 saturated carbocycles. The van der Waals surface area contributed by atoms with Crippen molar-refractivity contribution in [1.29, 1.82) is 0 Å². The molecule has 4 heterocycles. The second-order valence-corrected chi connectivity index (χ2v) is 19.8. The van der Waals surface area contributed by atoms with Gasteiger partial charge in [-0.3, -0.25) is 4.79 Å². The van der Waals surface area contributed by atoms with E-state index in [4.69, 9.17) is 47.0 Å². The van der Waals surface area contributed by atoms with Gasteiger partial charge in [-0.1, -0.05) is 20.8 Å². The Labute approximate surface area is 388 Å². The highest BCUT2D eigenvalue weighted by Crippen LogP contribution is 2.41. The zero-order valence-corrected chi connectivity index (χ0v) is 41.2. The quantitative estimate of drug-likeness (QED) is 0.151. The molecule has 18 atom stereocenters. The highest BCUT2D eigenvalue weighted by molar-refractivity contribution is 5.84. The summed E-state index contributed by atoms with van der Waals surface area (Å²) in [5.41, 5.74) is -4.87. The van der Waals surface area contributed by atoms with Crippen LogP contribution in [-0.4, -0.2) is 162 Å². The normalized spacial score (nSPS) is 41.0. The van der Waals surface area contributed by atoms with Crippen molar-refractivity contribution < 1.29 is 77.4 Å². The van der Waals surface area contributed by atoms with Gasteiger partial charge < -0.3 is 77.5 Å². The molecule has 66 heavy (non-hydrogen) atoms. The Morgan fingerprint density at radius 1 is 0.848 bits per heavy atom. The van der Waals surface area contributed by atoms with Crippen molar-refractivity contribution in [2.45, 2.75) is 191 Å². The maximum atomic E-state index is 14.4. The third-order valence-electron chi connectivity index (χ3n) is 14.4. The van der Waals surface area contributed by atoms with Crippen LogP contribution in [0.25, 0.3) is 11.0 Å². The van der Waals surface area contributed by atoms with E-state index in [-0.39, 0.29) is 50.0 Å². The van der Waals surface area contributed by atoms with Crippen LogP contribution in [0.4, 0.5) is 0 Å². The predicted octanol–water partition coefficient (Wildman–Crippen LogP) is 3.68. The number of ether oxygens (including phenoxy) is 9. The van der Waals surface area contributed by atoms with Crippen molar-refractivity contribution in [2.75, 3.05) is 35.4 Å². The number of rotatable bonds is 12. The minimum Gasteiger partial charge on any atom is -0.493 e. The standard InChI is InChI=1S/C48H77NO17/c1-15-36-48(9,56)42(52)27(5)41(60-23-29-17-38(50)63-33-19-35(58-13)34(57-12)18-30(29)33)24(2)21-46(7,55)37(66-45-40(51)31(49(10)11)16-25(3)61-45)20-32(26(4)44(54)65-36)64-39-22-47(8,59-14)43(53)28(6)62-39/h17-19,24-28,31-32,36-37,39-43,45,51-53,55-56H,15-16,20-23H2,1-14H3/t24-,25-,26-,27+,28+,31+,32+,36-,37-,39?,40-,41?,42-,43+,45?,46-,47-,48-/m1/s1. The number of likely N-dealkylation sites (N-methyl/N-ethyl adjacent to an activating group) is 1. The molecule has 18 nitrogen and oxygen atoms in total. The minimum absolute atomic E-state index is 0.0482. The van der Waals surface area contributed by atoms with Crippen LogP contribution in [-0.2, 0) is 44.6 Å². The highest BCUT2D eigenvalue weighted by Gasteiger charge is 2.52. The number of hydrogen-bond donors (Lipinski definition) is 5. The van der Waals surface area contributed by atoms with Crippen LogP contribution in [0.2, 0.25) is 0 Å². The van der Waals surface area contributed by atoms with Crippen molar-refractivity contribution in [1.82, 2.24) is 4.90 Å². The maximum Gasteiger partial charge on any atom is 0.336 e. The minimum atomic E-state index is -2.02. The number of hydrogen-bond acceptors (Lipinski definition) is 18. The number of carbonyl (C=O) groups excluding carboxylic acids is 1. The van der Waals surface area contributed by atoms with Crippen molar-refractivity contribution in [3.8, 4) is 11.5 Å². The molecule has 3 aliphatic heterocycles. The fourth-order valence-electron chi connectivity index (χ4n) is 10.2. The predicted molar refractivity (Wildman–Crippen MR) is 241 cm³/mol. The molecule has 1 aromatic carbocycles. The first kappa shape index (κ1) is 54.0. The summed E-state index contributed by atoms with van der Waals surface area (Å²) in [6, 6.07) is 4.16. The monoisotopic (exact) mass is 940 g/mol. The van der Waals surface area contributed by atoms with Gasteiger partial charge in [0.2, 0.25) is 0 Å². The maximum absolute atomic E-state index is 14.4. The lowest BCUT2D eigenvalue weighted by Gasteiger charge is -2.48. The molecule has 3 saturated heterocycles. The number of aliphatic hydroxyl groups excluding tert-OH is 3. The van der Waals surface area contributed by atoms with Crippen molar-refractivity contribution >= 4 is 16.9 Å². The lowest BCUT2D eigenvalue weighted by atomic mass is 9.75. The van der Waals surface area contributed by atoms with Crippen LogP contribution in [0.5, 0.6) is 11.5 Å². The molecule has 0 radical (unpaired) electrons. The van der Waals surface area contributed by atoms with E-state index in [2.05, 4.69) is 0 Å². The SMILES string of the molecule is CC[C@H]1OC(=O)[C@H](C)[C@@H](OC2C[C@@](C)(OC)[C@@H](O)[C@H](C)O2)C[C@@H](OC2O[C@H](C)C[C@H](N(C)C)[C@H]2O)[C@](C)(O)C[C@@H](C)C(OCc2cc(=O)oc3cc(OC)c(OC)cc23)[C@H](C)[C@@H](O)[C@]1(C)O. The number of cyclic esters (lactones) is 1. The van der Waals surface area contributed by atoms with Gasteiger partial charge in [0, 0.05) is 49.4 Å². The Morgan fingerprint density at radius 3 is 2.11 bits per heavy atom. The first-order chi connectivity index (χ1) is 30.8. The summed E-state index contributed by atoms with van der Waals surface area (Å²) in [6.45, 7) is 15.0. The van der Waals surface area contributed by atoms with Gasteiger partial charge >= 0.3 is 11.6 Å². The van der Waals surface area contributed by atoms with Gasteiger partial charge in [0.1, 0.15) is 29.5 Å². The molecular formula is C48H77NO17. The van der Waals surface area contributed by atoms with E-state index in [1.807, 2.05) is 32.8 Å². The third-order valence-corrected chi connectivity index (χ3v) is 14.4. The van der Waals surface area contributed by atoms with Gasteiger partial charge in [0.25, 0.3) is 0 Å². The largest absolute Gasteiger partial charge is 0.493 e. The first-order valence-corrected chi connectivity index (χ1v) is 23.1. The van der Waals surface area contributed by atoms with E-state index in [0.717, 1.165) is 0 Å². The van der Waals surface area contributed by atoms with Gasteiger partial charge in [-0.15, -0.1) is 0 Å². The Hall–Kier alpha value is -2.98. The number of nitrogens with zero attached hydrogens (tertiary/aromatic N) is 1. The lowest BCUT2D eigenvalue weighted by Crippen LogP contribution is -2.59.